The average Bonchev–Trinajstić information content (AvgIpc) is 2.89. The number of hydrogen-bond acceptors (Lipinski definition) is 4. The third-order valence-electron chi connectivity index (χ3n) is 3.38. The zero-order valence-electron chi connectivity index (χ0n) is 11.7. The fourth-order valence-electron chi connectivity index (χ4n) is 2.35. The summed E-state index contributed by atoms with van der Waals surface area (Å²) in [5, 5.41) is 10.0. The molecule has 5 heteroatoms. The average molecular weight is 289 g/mol. The number of benzene rings is 2. The highest BCUT2D eigenvalue weighted by atomic mass is 19.1. The van der Waals surface area contributed by atoms with Gasteiger partial charge in [-0.3, -0.25) is 4.90 Å². The van der Waals surface area contributed by atoms with Crippen LogP contribution in [0, 0.1) is 5.82 Å². The first kappa shape index (κ1) is 13.7. The summed E-state index contributed by atoms with van der Waals surface area (Å²) in [4.78, 5) is 2.03. The van der Waals surface area contributed by atoms with Crippen molar-refractivity contribution < 1.29 is 19.0 Å². The van der Waals surface area contributed by atoms with E-state index in [1.165, 1.54) is 12.1 Å². The minimum atomic E-state index is -0.241. The van der Waals surface area contributed by atoms with Gasteiger partial charge in [0.15, 0.2) is 11.5 Å². The van der Waals surface area contributed by atoms with Crippen LogP contribution in [0.25, 0.3) is 0 Å². The monoisotopic (exact) mass is 289 g/mol. The molecule has 0 amide bonds. The Labute approximate surface area is 122 Å². The summed E-state index contributed by atoms with van der Waals surface area (Å²) in [6, 6.07) is 9.77. The molecule has 0 saturated heterocycles. The minimum Gasteiger partial charge on any atom is -0.507 e. The van der Waals surface area contributed by atoms with Gasteiger partial charge in [-0.1, -0.05) is 12.1 Å². The maximum Gasteiger partial charge on any atom is 0.231 e. The number of aromatic hydroxyl groups is 1. The smallest absolute Gasteiger partial charge is 0.231 e. The SMILES string of the molecule is CN(Cc1ccc(F)cc1)Cc1cc2c(cc1O)OCO2. The van der Waals surface area contributed by atoms with E-state index in [0.29, 0.717) is 24.6 Å². The molecule has 0 aliphatic carbocycles. The van der Waals surface area contributed by atoms with Crippen LogP contribution in [0.5, 0.6) is 17.2 Å². The van der Waals surface area contributed by atoms with Crippen molar-refractivity contribution >= 4 is 0 Å². The molecule has 2 aromatic carbocycles. The molecule has 0 radical (unpaired) electrons. The van der Waals surface area contributed by atoms with E-state index < -0.39 is 0 Å². The Morgan fingerprint density at radius 2 is 1.76 bits per heavy atom. The fraction of sp³-hybridized carbons (Fsp3) is 0.250. The summed E-state index contributed by atoms with van der Waals surface area (Å²) >= 11 is 0. The largest absolute Gasteiger partial charge is 0.507 e. The van der Waals surface area contributed by atoms with Gasteiger partial charge in [0.1, 0.15) is 11.6 Å². The topological polar surface area (TPSA) is 41.9 Å². The highest BCUT2D eigenvalue weighted by molar-refractivity contribution is 5.51. The molecular formula is C16H16FNO3. The normalized spacial score (nSPS) is 12.9. The highest BCUT2D eigenvalue weighted by Gasteiger charge is 2.17. The maximum atomic E-state index is 12.9. The van der Waals surface area contributed by atoms with Crippen molar-refractivity contribution in [1.82, 2.24) is 4.90 Å². The number of ether oxygens (including phenoxy) is 2. The zero-order chi connectivity index (χ0) is 14.8. The van der Waals surface area contributed by atoms with Gasteiger partial charge in [-0.2, -0.15) is 0 Å². The standard InChI is InChI=1S/C16H16FNO3/c1-18(8-11-2-4-13(17)5-3-11)9-12-6-15-16(7-14(12)19)21-10-20-15/h2-7,19H,8-10H2,1H3. The number of halogens is 1. The zero-order valence-corrected chi connectivity index (χ0v) is 11.7. The van der Waals surface area contributed by atoms with E-state index in [-0.39, 0.29) is 18.4 Å². The first-order valence-electron chi connectivity index (χ1n) is 6.66. The quantitative estimate of drug-likeness (QED) is 0.939. The molecule has 0 aromatic heterocycles. The molecule has 3 rings (SSSR count). The molecule has 0 saturated carbocycles. The van der Waals surface area contributed by atoms with Gasteiger partial charge in [-0.15, -0.1) is 0 Å². The molecule has 0 fully saturated rings. The van der Waals surface area contributed by atoms with Crippen molar-refractivity contribution in [2.75, 3.05) is 13.8 Å². The predicted octanol–water partition coefficient (Wildman–Crippen LogP) is 2.89. The lowest BCUT2D eigenvalue weighted by molar-refractivity contribution is 0.174. The lowest BCUT2D eigenvalue weighted by Gasteiger charge is -2.18. The number of phenols is 1. The second-order valence-electron chi connectivity index (χ2n) is 5.13. The Hall–Kier alpha value is -2.27. The van der Waals surface area contributed by atoms with E-state index in [1.807, 2.05) is 11.9 Å². The molecular weight excluding hydrogens is 273 g/mol. The van der Waals surface area contributed by atoms with Gasteiger partial charge in [0.05, 0.1) is 0 Å². The van der Waals surface area contributed by atoms with Gasteiger partial charge in [-0.25, -0.2) is 4.39 Å². The second-order valence-corrected chi connectivity index (χ2v) is 5.13. The molecule has 2 aromatic rings. The molecule has 110 valence electrons. The third kappa shape index (κ3) is 3.08. The van der Waals surface area contributed by atoms with Crippen LogP contribution < -0.4 is 9.47 Å². The van der Waals surface area contributed by atoms with E-state index in [9.17, 15) is 9.50 Å². The van der Waals surface area contributed by atoms with E-state index in [0.717, 1.165) is 11.1 Å². The maximum absolute atomic E-state index is 12.9. The first-order valence-corrected chi connectivity index (χ1v) is 6.66. The van der Waals surface area contributed by atoms with Gasteiger partial charge >= 0.3 is 0 Å². The predicted molar refractivity (Wildman–Crippen MR) is 75.8 cm³/mol. The number of phenolic OH excluding ortho intramolecular Hbond substituents is 1. The van der Waals surface area contributed by atoms with Crippen molar-refractivity contribution in [2.45, 2.75) is 13.1 Å². The highest BCUT2D eigenvalue weighted by Crippen LogP contribution is 2.37. The van der Waals surface area contributed by atoms with Crippen LogP contribution in [0.1, 0.15) is 11.1 Å². The molecule has 1 aliphatic rings. The first-order chi connectivity index (χ1) is 10.1. The van der Waals surface area contributed by atoms with Crippen molar-refractivity contribution in [2.24, 2.45) is 0 Å². The van der Waals surface area contributed by atoms with Crippen molar-refractivity contribution in [3.63, 3.8) is 0 Å². The number of hydrogen-bond donors (Lipinski definition) is 1. The van der Waals surface area contributed by atoms with Crippen molar-refractivity contribution in [3.05, 3.63) is 53.3 Å². The summed E-state index contributed by atoms with van der Waals surface area (Å²) in [6.07, 6.45) is 0. The van der Waals surface area contributed by atoms with Gasteiger partial charge in [0, 0.05) is 24.7 Å². The van der Waals surface area contributed by atoms with Crippen LogP contribution in [0.15, 0.2) is 36.4 Å². The Morgan fingerprint density at radius 1 is 1.10 bits per heavy atom. The summed E-state index contributed by atoms with van der Waals surface area (Å²) in [6.45, 7) is 1.40. The Bertz CT molecular complexity index is 643. The van der Waals surface area contributed by atoms with Crippen molar-refractivity contribution in [3.8, 4) is 17.2 Å². The van der Waals surface area contributed by atoms with Crippen LogP contribution in [-0.4, -0.2) is 23.8 Å². The molecule has 4 nitrogen and oxygen atoms in total. The fourth-order valence-corrected chi connectivity index (χ4v) is 2.35. The second kappa shape index (κ2) is 5.61. The molecule has 0 bridgehead atoms. The van der Waals surface area contributed by atoms with E-state index in [2.05, 4.69) is 0 Å². The van der Waals surface area contributed by atoms with Gasteiger partial charge in [0.2, 0.25) is 6.79 Å². The van der Waals surface area contributed by atoms with Crippen LogP contribution in [0.4, 0.5) is 4.39 Å². The molecule has 0 atom stereocenters. The third-order valence-corrected chi connectivity index (χ3v) is 3.38. The molecule has 1 heterocycles. The minimum absolute atomic E-state index is 0.184. The summed E-state index contributed by atoms with van der Waals surface area (Å²) in [7, 11) is 1.94. The molecule has 1 N–H and O–H groups in total. The molecule has 1 aliphatic heterocycles. The number of nitrogens with zero attached hydrogens (tertiary/aromatic N) is 1. The van der Waals surface area contributed by atoms with E-state index in [1.54, 1.807) is 24.3 Å². The lowest BCUT2D eigenvalue weighted by Crippen LogP contribution is -2.17. The molecule has 0 unspecified atom stereocenters. The molecule has 21 heavy (non-hydrogen) atoms. The summed E-state index contributed by atoms with van der Waals surface area (Å²) in [5.41, 5.74) is 1.78. The lowest BCUT2D eigenvalue weighted by atomic mass is 10.1. The van der Waals surface area contributed by atoms with Gasteiger partial charge < -0.3 is 14.6 Å². The van der Waals surface area contributed by atoms with Crippen LogP contribution in [-0.2, 0) is 13.1 Å². The Morgan fingerprint density at radius 3 is 2.48 bits per heavy atom. The van der Waals surface area contributed by atoms with Crippen LogP contribution in [0.2, 0.25) is 0 Å². The summed E-state index contributed by atoms with van der Waals surface area (Å²) < 4.78 is 23.4. The Balaban J connectivity index is 1.70. The van der Waals surface area contributed by atoms with Gasteiger partial charge in [0.25, 0.3) is 0 Å². The molecule has 0 spiro atoms. The van der Waals surface area contributed by atoms with Crippen LogP contribution in [0.3, 0.4) is 0 Å². The van der Waals surface area contributed by atoms with E-state index >= 15 is 0 Å². The summed E-state index contributed by atoms with van der Waals surface area (Å²) in [5.74, 6) is 1.16. The number of fused-ring (bicyclic) bond motifs is 1. The number of rotatable bonds is 4. The van der Waals surface area contributed by atoms with E-state index in [4.69, 9.17) is 9.47 Å². The Kier molecular flexibility index (Phi) is 3.66. The van der Waals surface area contributed by atoms with Crippen molar-refractivity contribution in [1.29, 1.82) is 0 Å². The van der Waals surface area contributed by atoms with Crippen LogP contribution >= 0.6 is 0 Å². The van der Waals surface area contributed by atoms with Gasteiger partial charge in [-0.05, 0) is 30.8 Å².